The Labute approximate surface area is 97.6 Å². The largest absolute Gasteiger partial charge is 0.330 e. The zero-order valence-electron chi connectivity index (χ0n) is 8.63. The third kappa shape index (κ3) is 2.03. The van der Waals surface area contributed by atoms with Crippen molar-refractivity contribution < 1.29 is 0 Å². The highest BCUT2D eigenvalue weighted by Gasteiger charge is 2.04. The maximum atomic E-state index is 5.57. The molecule has 0 fully saturated rings. The van der Waals surface area contributed by atoms with E-state index in [1.54, 1.807) is 0 Å². The molecule has 15 heavy (non-hydrogen) atoms. The number of pyridine rings is 1. The van der Waals surface area contributed by atoms with Crippen LogP contribution in [0.2, 0.25) is 0 Å². The minimum absolute atomic E-state index is 0.669. The Kier molecular flexibility index (Phi) is 3.03. The summed E-state index contributed by atoms with van der Waals surface area (Å²) in [4.78, 5) is 4.59. The number of benzene rings is 1. The van der Waals surface area contributed by atoms with Gasteiger partial charge in [0.2, 0.25) is 0 Å². The van der Waals surface area contributed by atoms with Crippen LogP contribution in [0.3, 0.4) is 0 Å². The van der Waals surface area contributed by atoms with Crippen molar-refractivity contribution in [1.82, 2.24) is 4.98 Å². The zero-order chi connectivity index (χ0) is 10.8. The second-order valence-corrected chi connectivity index (χ2v) is 4.44. The molecule has 2 N–H and O–H groups in total. The summed E-state index contributed by atoms with van der Waals surface area (Å²) in [6.07, 6.45) is 0.890. The molecule has 0 aliphatic rings. The molecule has 0 amide bonds. The van der Waals surface area contributed by atoms with Crippen molar-refractivity contribution in [2.45, 2.75) is 13.3 Å². The Bertz CT molecular complexity index is 494. The SMILES string of the molecule is Cc1nc2c(Br)cccc2cc1CCN. The fourth-order valence-corrected chi connectivity index (χ4v) is 2.18. The first kappa shape index (κ1) is 10.6. The number of aromatic nitrogens is 1. The van der Waals surface area contributed by atoms with Crippen molar-refractivity contribution in [3.05, 3.63) is 40.0 Å². The van der Waals surface area contributed by atoms with Crippen molar-refractivity contribution in [1.29, 1.82) is 0 Å². The molecule has 2 rings (SSSR count). The summed E-state index contributed by atoms with van der Waals surface area (Å²) in [5.74, 6) is 0. The zero-order valence-corrected chi connectivity index (χ0v) is 10.2. The average Bonchev–Trinajstić information content (AvgIpc) is 2.21. The normalized spacial score (nSPS) is 10.9. The third-order valence-corrected chi connectivity index (χ3v) is 3.15. The van der Waals surface area contributed by atoms with Crippen LogP contribution in [-0.2, 0) is 6.42 Å². The van der Waals surface area contributed by atoms with Crippen LogP contribution in [0.5, 0.6) is 0 Å². The van der Waals surface area contributed by atoms with Crippen LogP contribution in [0.4, 0.5) is 0 Å². The van der Waals surface area contributed by atoms with E-state index < -0.39 is 0 Å². The van der Waals surface area contributed by atoms with E-state index in [1.165, 1.54) is 10.9 Å². The van der Waals surface area contributed by atoms with Gasteiger partial charge in [0.05, 0.1) is 5.52 Å². The fraction of sp³-hybridized carbons (Fsp3) is 0.250. The maximum absolute atomic E-state index is 5.57. The highest BCUT2D eigenvalue weighted by Crippen LogP contribution is 2.24. The lowest BCUT2D eigenvalue weighted by atomic mass is 10.1. The smallest absolute Gasteiger partial charge is 0.0847 e. The van der Waals surface area contributed by atoms with Gasteiger partial charge in [0.15, 0.2) is 0 Å². The lowest BCUT2D eigenvalue weighted by Crippen LogP contribution is -2.05. The molecule has 0 saturated heterocycles. The average molecular weight is 265 g/mol. The van der Waals surface area contributed by atoms with Crippen molar-refractivity contribution in [2.24, 2.45) is 5.73 Å². The van der Waals surface area contributed by atoms with Gasteiger partial charge in [0, 0.05) is 15.6 Å². The molecule has 0 radical (unpaired) electrons. The fourth-order valence-electron chi connectivity index (χ4n) is 1.71. The summed E-state index contributed by atoms with van der Waals surface area (Å²) < 4.78 is 1.04. The third-order valence-electron chi connectivity index (χ3n) is 2.51. The molecule has 0 aliphatic heterocycles. The topological polar surface area (TPSA) is 38.9 Å². The molecule has 0 spiro atoms. The van der Waals surface area contributed by atoms with E-state index in [2.05, 4.69) is 33.0 Å². The van der Waals surface area contributed by atoms with Crippen LogP contribution in [0, 0.1) is 6.92 Å². The summed E-state index contributed by atoms with van der Waals surface area (Å²) in [5.41, 5.74) is 8.90. The highest BCUT2D eigenvalue weighted by molar-refractivity contribution is 9.10. The Balaban J connectivity index is 2.65. The second-order valence-electron chi connectivity index (χ2n) is 3.58. The van der Waals surface area contributed by atoms with E-state index >= 15 is 0 Å². The number of aryl methyl sites for hydroxylation is 1. The highest BCUT2D eigenvalue weighted by atomic mass is 79.9. The summed E-state index contributed by atoms with van der Waals surface area (Å²) in [6, 6.07) is 8.29. The van der Waals surface area contributed by atoms with E-state index in [1.807, 2.05) is 19.1 Å². The van der Waals surface area contributed by atoms with E-state index in [9.17, 15) is 0 Å². The molecular weight excluding hydrogens is 252 g/mol. The molecule has 1 aromatic carbocycles. The Morgan fingerprint density at radius 2 is 2.20 bits per heavy atom. The Morgan fingerprint density at radius 1 is 1.40 bits per heavy atom. The van der Waals surface area contributed by atoms with Gasteiger partial charge in [-0.2, -0.15) is 0 Å². The number of hydrogen-bond acceptors (Lipinski definition) is 2. The molecule has 0 atom stereocenters. The maximum Gasteiger partial charge on any atom is 0.0847 e. The molecule has 1 heterocycles. The minimum atomic E-state index is 0.669. The first-order valence-electron chi connectivity index (χ1n) is 4.97. The summed E-state index contributed by atoms with van der Waals surface area (Å²) in [5, 5.41) is 1.17. The van der Waals surface area contributed by atoms with Crippen molar-refractivity contribution in [3.8, 4) is 0 Å². The predicted molar refractivity (Wildman–Crippen MR) is 66.9 cm³/mol. The molecule has 0 bridgehead atoms. The van der Waals surface area contributed by atoms with Crippen LogP contribution in [-0.4, -0.2) is 11.5 Å². The molecule has 78 valence electrons. The van der Waals surface area contributed by atoms with Crippen LogP contribution >= 0.6 is 15.9 Å². The molecule has 3 heteroatoms. The van der Waals surface area contributed by atoms with Gasteiger partial charge >= 0.3 is 0 Å². The summed E-state index contributed by atoms with van der Waals surface area (Å²) in [7, 11) is 0. The van der Waals surface area contributed by atoms with Crippen LogP contribution in [0.15, 0.2) is 28.7 Å². The molecule has 2 nitrogen and oxygen atoms in total. The Morgan fingerprint density at radius 3 is 2.93 bits per heavy atom. The molecule has 1 aromatic heterocycles. The molecule has 0 saturated carbocycles. The van der Waals surface area contributed by atoms with Gasteiger partial charge in [-0.05, 0) is 53.5 Å². The lowest BCUT2D eigenvalue weighted by Gasteiger charge is -2.07. The van der Waals surface area contributed by atoms with Gasteiger partial charge < -0.3 is 5.73 Å². The Hall–Kier alpha value is -0.930. The van der Waals surface area contributed by atoms with E-state index in [-0.39, 0.29) is 0 Å². The minimum Gasteiger partial charge on any atom is -0.330 e. The first-order valence-corrected chi connectivity index (χ1v) is 5.76. The number of nitrogens with zero attached hydrogens (tertiary/aromatic N) is 1. The molecule has 0 unspecified atom stereocenters. The quantitative estimate of drug-likeness (QED) is 0.906. The van der Waals surface area contributed by atoms with E-state index in [0.29, 0.717) is 6.54 Å². The number of nitrogens with two attached hydrogens (primary N) is 1. The summed E-state index contributed by atoms with van der Waals surface area (Å²) in [6.45, 7) is 2.70. The van der Waals surface area contributed by atoms with Crippen molar-refractivity contribution in [2.75, 3.05) is 6.54 Å². The van der Waals surface area contributed by atoms with Crippen molar-refractivity contribution in [3.63, 3.8) is 0 Å². The number of rotatable bonds is 2. The van der Waals surface area contributed by atoms with E-state index in [4.69, 9.17) is 5.73 Å². The lowest BCUT2D eigenvalue weighted by molar-refractivity contribution is 0.946. The van der Waals surface area contributed by atoms with E-state index in [0.717, 1.165) is 22.1 Å². The van der Waals surface area contributed by atoms with Gasteiger partial charge in [-0.3, -0.25) is 4.98 Å². The van der Waals surface area contributed by atoms with Crippen LogP contribution in [0.25, 0.3) is 10.9 Å². The molecule has 0 aliphatic carbocycles. The van der Waals surface area contributed by atoms with Gasteiger partial charge in [-0.25, -0.2) is 0 Å². The molecule has 2 aromatic rings. The first-order chi connectivity index (χ1) is 7.22. The van der Waals surface area contributed by atoms with Gasteiger partial charge in [-0.1, -0.05) is 12.1 Å². The number of hydrogen-bond donors (Lipinski definition) is 1. The van der Waals surface area contributed by atoms with Gasteiger partial charge in [-0.15, -0.1) is 0 Å². The second kappa shape index (κ2) is 4.29. The predicted octanol–water partition coefficient (Wildman–Crippen LogP) is 2.81. The summed E-state index contributed by atoms with van der Waals surface area (Å²) >= 11 is 3.51. The van der Waals surface area contributed by atoms with Gasteiger partial charge in [0.1, 0.15) is 0 Å². The van der Waals surface area contributed by atoms with Gasteiger partial charge in [0.25, 0.3) is 0 Å². The van der Waals surface area contributed by atoms with Crippen molar-refractivity contribution >= 4 is 26.8 Å². The number of para-hydroxylation sites is 1. The number of halogens is 1. The molecular formula is C12H13BrN2. The number of fused-ring (bicyclic) bond motifs is 1. The standard InChI is InChI=1S/C12H13BrN2/c1-8-9(5-6-14)7-10-3-2-4-11(13)12(10)15-8/h2-4,7H,5-6,14H2,1H3. The monoisotopic (exact) mass is 264 g/mol. The van der Waals surface area contributed by atoms with Crippen LogP contribution in [0.1, 0.15) is 11.3 Å². The van der Waals surface area contributed by atoms with Crippen LogP contribution < -0.4 is 5.73 Å².